The summed E-state index contributed by atoms with van der Waals surface area (Å²) in [5.41, 5.74) is 0. The second-order valence-corrected chi connectivity index (χ2v) is 6.59. The number of aliphatic hydroxyl groups is 1. The normalized spacial score (nSPS) is 13.4. The van der Waals surface area contributed by atoms with E-state index in [-0.39, 0.29) is 13.0 Å². The molecule has 0 unspecified atom stereocenters. The molecular weight excluding hydrogens is 323 g/mol. The molecule has 0 rings (SSSR count). The molecule has 3 N–H and O–H groups in total. The van der Waals surface area contributed by atoms with Gasteiger partial charge in [0.1, 0.15) is 12.7 Å². The molecule has 0 amide bonds. The van der Waals surface area contributed by atoms with Gasteiger partial charge in [-0.25, -0.2) is 4.57 Å². The van der Waals surface area contributed by atoms with Crippen molar-refractivity contribution in [2.24, 2.45) is 0 Å². The molecule has 0 aromatic carbocycles. The minimum absolute atomic E-state index is 0.113. The number of carbonyl (C=O) groups excluding carboxylic acids is 1. The van der Waals surface area contributed by atoms with Crippen molar-refractivity contribution in [1.82, 2.24) is 0 Å². The van der Waals surface area contributed by atoms with Crippen LogP contribution in [0.25, 0.3) is 0 Å². The highest BCUT2D eigenvalue weighted by atomic mass is 31.2. The summed E-state index contributed by atoms with van der Waals surface area (Å²) in [6.45, 7) is 1.24. The van der Waals surface area contributed by atoms with Crippen LogP contribution in [0.1, 0.15) is 58.3 Å². The molecule has 136 valence electrons. The summed E-state index contributed by atoms with van der Waals surface area (Å²) in [6.07, 6.45) is 10.8. The predicted molar refractivity (Wildman–Crippen MR) is 86.7 cm³/mol. The number of hydrogen-bond acceptors (Lipinski definition) is 5. The van der Waals surface area contributed by atoms with Crippen molar-refractivity contribution in [1.29, 1.82) is 0 Å². The summed E-state index contributed by atoms with van der Waals surface area (Å²) in [7, 11) is -4.62. The van der Waals surface area contributed by atoms with E-state index in [0.29, 0.717) is 0 Å². The molecule has 0 aliphatic rings. The summed E-state index contributed by atoms with van der Waals surface area (Å²) >= 11 is 0. The van der Waals surface area contributed by atoms with Crippen LogP contribution in [0.3, 0.4) is 0 Å². The van der Waals surface area contributed by atoms with Crippen molar-refractivity contribution in [2.45, 2.75) is 64.4 Å². The van der Waals surface area contributed by atoms with Crippen molar-refractivity contribution in [3.8, 4) is 0 Å². The second-order valence-electron chi connectivity index (χ2n) is 5.36. The molecule has 0 saturated carbocycles. The molecule has 8 heteroatoms. The number of rotatable bonds is 14. The SMILES string of the molecule is CCCCCCCC/C=C\CC(=O)OC[C@@H](O)COP(=O)(O)O. The van der Waals surface area contributed by atoms with Crippen LogP contribution in [0.2, 0.25) is 0 Å². The minimum atomic E-state index is -4.62. The molecule has 23 heavy (non-hydrogen) atoms. The number of allylic oxidation sites excluding steroid dienone is 1. The number of unbranched alkanes of at least 4 members (excludes halogenated alkanes) is 6. The Bertz CT molecular complexity index is 378. The Labute approximate surface area is 137 Å². The molecule has 0 aliphatic carbocycles. The van der Waals surface area contributed by atoms with Crippen molar-refractivity contribution in [3.63, 3.8) is 0 Å². The zero-order valence-electron chi connectivity index (χ0n) is 13.7. The first-order valence-corrected chi connectivity index (χ1v) is 9.57. The molecule has 0 aromatic rings. The first kappa shape index (κ1) is 22.3. The number of aliphatic hydroxyl groups excluding tert-OH is 1. The van der Waals surface area contributed by atoms with E-state index in [4.69, 9.17) is 14.5 Å². The lowest BCUT2D eigenvalue weighted by Crippen LogP contribution is -2.23. The molecule has 0 bridgehead atoms. The maximum absolute atomic E-state index is 11.4. The average molecular weight is 352 g/mol. The summed E-state index contributed by atoms with van der Waals surface area (Å²) in [4.78, 5) is 28.3. The first-order chi connectivity index (χ1) is 10.8. The maximum Gasteiger partial charge on any atom is 0.469 e. The Kier molecular flexibility index (Phi) is 13.3. The number of ether oxygens (including phenoxy) is 1. The lowest BCUT2D eigenvalue weighted by atomic mass is 10.1. The van der Waals surface area contributed by atoms with Gasteiger partial charge in [0.15, 0.2) is 0 Å². The molecule has 1 atom stereocenters. The Morgan fingerprint density at radius 1 is 1.09 bits per heavy atom. The van der Waals surface area contributed by atoms with E-state index >= 15 is 0 Å². The van der Waals surface area contributed by atoms with E-state index in [1.807, 2.05) is 6.08 Å². The van der Waals surface area contributed by atoms with Crippen molar-refractivity contribution < 1.29 is 33.5 Å². The van der Waals surface area contributed by atoms with Crippen LogP contribution in [0.5, 0.6) is 0 Å². The van der Waals surface area contributed by atoms with E-state index in [2.05, 4.69) is 11.4 Å². The van der Waals surface area contributed by atoms with Gasteiger partial charge in [-0.15, -0.1) is 0 Å². The molecule has 0 saturated heterocycles. The van der Waals surface area contributed by atoms with Gasteiger partial charge in [0, 0.05) is 0 Å². The number of hydrogen-bond donors (Lipinski definition) is 3. The molecular formula is C15H29O7P. The number of esters is 1. The van der Waals surface area contributed by atoms with Gasteiger partial charge in [0.05, 0.1) is 13.0 Å². The lowest BCUT2D eigenvalue weighted by molar-refractivity contribution is -0.146. The highest BCUT2D eigenvalue weighted by molar-refractivity contribution is 7.46. The van der Waals surface area contributed by atoms with Crippen LogP contribution >= 0.6 is 7.82 Å². The largest absolute Gasteiger partial charge is 0.469 e. The Morgan fingerprint density at radius 2 is 1.74 bits per heavy atom. The van der Waals surface area contributed by atoms with Crippen LogP contribution in [0, 0.1) is 0 Å². The Hall–Kier alpha value is -0.720. The molecule has 0 radical (unpaired) electrons. The molecule has 0 heterocycles. The summed E-state index contributed by atoms with van der Waals surface area (Å²) in [6, 6.07) is 0. The number of carbonyl (C=O) groups is 1. The smallest absolute Gasteiger partial charge is 0.463 e. The zero-order chi connectivity index (χ0) is 17.6. The standard InChI is InChI=1S/C15H29O7P/c1-2-3-4-5-6-7-8-9-10-11-15(17)21-12-14(16)13-22-23(18,19)20/h9-10,14,16H,2-8,11-13H2,1H3,(H2,18,19,20)/b10-9-/t14-/m1/s1. The first-order valence-electron chi connectivity index (χ1n) is 8.04. The molecule has 7 nitrogen and oxygen atoms in total. The molecule has 0 fully saturated rings. The van der Waals surface area contributed by atoms with E-state index < -0.39 is 26.5 Å². The van der Waals surface area contributed by atoms with Crippen LogP contribution in [-0.4, -0.2) is 40.2 Å². The third-order valence-electron chi connectivity index (χ3n) is 3.05. The third-order valence-corrected chi connectivity index (χ3v) is 3.53. The fraction of sp³-hybridized carbons (Fsp3) is 0.800. The maximum atomic E-state index is 11.4. The van der Waals surface area contributed by atoms with Gasteiger partial charge in [-0.3, -0.25) is 9.32 Å². The molecule has 0 aliphatic heterocycles. The molecule has 0 spiro atoms. The summed E-state index contributed by atoms with van der Waals surface area (Å²) in [5.74, 6) is -0.501. The van der Waals surface area contributed by atoms with E-state index in [1.54, 1.807) is 6.08 Å². The van der Waals surface area contributed by atoms with E-state index in [9.17, 15) is 14.5 Å². The Balaban J connectivity index is 3.55. The highest BCUT2D eigenvalue weighted by Gasteiger charge is 2.17. The highest BCUT2D eigenvalue weighted by Crippen LogP contribution is 2.35. The van der Waals surface area contributed by atoms with Gasteiger partial charge >= 0.3 is 13.8 Å². The lowest BCUT2D eigenvalue weighted by Gasteiger charge is -2.11. The quantitative estimate of drug-likeness (QED) is 0.191. The number of phosphoric acid groups is 1. The van der Waals surface area contributed by atoms with E-state index in [1.165, 1.54) is 32.1 Å². The minimum Gasteiger partial charge on any atom is -0.463 e. The summed E-state index contributed by atoms with van der Waals surface area (Å²) in [5, 5.41) is 9.33. The van der Waals surface area contributed by atoms with Crippen LogP contribution in [-0.2, 0) is 18.6 Å². The van der Waals surface area contributed by atoms with Crippen molar-refractivity contribution in [3.05, 3.63) is 12.2 Å². The van der Waals surface area contributed by atoms with Gasteiger partial charge in [-0.2, -0.15) is 0 Å². The predicted octanol–water partition coefficient (Wildman–Crippen LogP) is 2.70. The molecule has 0 aromatic heterocycles. The monoisotopic (exact) mass is 352 g/mol. The topological polar surface area (TPSA) is 113 Å². The van der Waals surface area contributed by atoms with Crippen LogP contribution in [0.4, 0.5) is 0 Å². The van der Waals surface area contributed by atoms with Gasteiger partial charge in [0.25, 0.3) is 0 Å². The Morgan fingerprint density at radius 3 is 2.39 bits per heavy atom. The second kappa shape index (κ2) is 13.7. The van der Waals surface area contributed by atoms with Crippen LogP contribution < -0.4 is 0 Å². The van der Waals surface area contributed by atoms with Gasteiger partial charge in [-0.1, -0.05) is 51.2 Å². The average Bonchev–Trinajstić information content (AvgIpc) is 2.48. The van der Waals surface area contributed by atoms with Crippen molar-refractivity contribution in [2.75, 3.05) is 13.2 Å². The zero-order valence-corrected chi connectivity index (χ0v) is 14.6. The number of phosphoric ester groups is 1. The van der Waals surface area contributed by atoms with Gasteiger partial charge < -0.3 is 19.6 Å². The third kappa shape index (κ3) is 17.5. The van der Waals surface area contributed by atoms with Crippen molar-refractivity contribution >= 4 is 13.8 Å². The fourth-order valence-electron chi connectivity index (χ4n) is 1.82. The fourth-order valence-corrected chi connectivity index (χ4v) is 2.19. The van der Waals surface area contributed by atoms with E-state index in [0.717, 1.165) is 12.8 Å². The van der Waals surface area contributed by atoms with Crippen LogP contribution in [0.15, 0.2) is 12.2 Å². The van der Waals surface area contributed by atoms with Gasteiger partial charge in [-0.05, 0) is 12.8 Å². The van der Waals surface area contributed by atoms with Gasteiger partial charge in [0.2, 0.25) is 0 Å². The summed E-state index contributed by atoms with van der Waals surface area (Å²) < 4.78 is 19.3.